The Morgan fingerprint density at radius 2 is 2.00 bits per heavy atom. The van der Waals surface area contributed by atoms with Crippen molar-refractivity contribution in [2.24, 2.45) is 5.73 Å². The molecule has 2 N–H and O–H groups in total. The number of ether oxygens (including phenoxy) is 1. The lowest BCUT2D eigenvalue weighted by molar-refractivity contribution is -0.125. The molecule has 5 rings (SSSR count). The largest absolute Gasteiger partial charge is 0.444 e. The van der Waals surface area contributed by atoms with Crippen LogP contribution in [-0.2, 0) is 19.7 Å². The van der Waals surface area contributed by atoms with Gasteiger partial charge in [-0.05, 0) is 32.8 Å². The van der Waals surface area contributed by atoms with Crippen LogP contribution in [0.1, 0.15) is 51.2 Å². The van der Waals surface area contributed by atoms with E-state index in [4.69, 9.17) is 10.5 Å². The van der Waals surface area contributed by atoms with Crippen molar-refractivity contribution < 1.29 is 14.3 Å². The molecule has 1 atom stereocenters. The number of para-hydroxylation sites is 1. The lowest BCUT2D eigenvalue weighted by atomic mass is 9.65. The van der Waals surface area contributed by atoms with E-state index in [2.05, 4.69) is 6.07 Å². The van der Waals surface area contributed by atoms with Gasteiger partial charge in [0.2, 0.25) is 11.8 Å². The summed E-state index contributed by atoms with van der Waals surface area (Å²) in [5.41, 5.74) is 7.69. The molecular weight excluding hydrogens is 366 g/mol. The number of fused-ring (bicyclic) bond motifs is 2. The summed E-state index contributed by atoms with van der Waals surface area (Å²) in [6, 6.07) is 7.79. The number of carbonyl (C=O) groups excluding carboxylic acids is 2. The van der Waals surface area contributed by atoms with Crippen LogP contribution < -0.4 is 10.6 Å². The first-order chi connectivity index (χ1) is 13.7. The van der Waals surface area contributed by atoms with E-state index < -0.39 is 11.0 Å². The number of carbonyl (C=O) groups is 2. The Hall–Kier alpha value is -3.33. The third-order valence-corrected chi connectivity index (χ3v) is 6.47. The van der Waals surface area contributed by atoms with Gasteiger partial charge in [0.1, 0.15) is 22.8 Å². The summed E-state index contributed by atoms with van der Waals surface area (Å²) in [5, 5.41) is 10.0. The Kier molecular flexibility index (Phi) is 3.29. The van der Waals surface area contributed by atoms with Crippen LogP contribution in [-0.4, -0.2) is 17.2 Å². The number of amides is 1. The molecule has 3 heterocycles. The molecule has 6 heteroatoms. The lowest BCUT2D eigenvalue weighted by Crippen LogP contribution is -2.54. The lowest BCUT2D eigenvalue weighted by Gasteiger charge is -2.41. The van der Waals surface area contributed by atoms with Crippen LogP contribution in [0.25, 0.3) is 5.57 Å². The maximum absolute atomic E-state index is 14.2. The first-order valence-corrected chi connectivity index (χ1v) is 9.78. The Balaban J connectivity index is 1.95. The van der Waals surface area contributed by atoms with Crippen molar-refractivity contribution in [1.29, 1.82) is 5.26 Å². The highest BCUT2D eigenvalue weighted by Crippen LogP contribution is 2.59. The zero-order chi connectivity index (χ0) is 20.7. The number of anilines is 1. The van der Waals surface area contributed by atoms with Crippen LogP contribution >= 0.6 is 0 Å². The normalized spacial score (nSPS) is 26.8. The van der Waals surface area contributed by atoms with E-state index in [1.54, 1.807) is 4.90 Å². The minimum atomic E-state index is -1.54. The highest BCUT2D eigenvalue weighted by Gasteiger charge is 2.64. The predicted octanol–water partition coefficient (Wildman–Crippen LogP) is 3.20. The average molecular weight is 387 g/mol. The third kappa shape index (κ3) is 1.90. The van der Waals surface area contributed by atoms with E-state index >= 15 is 0 Å². The van der Waals surface area contributed by atoms with Crippen LogP contribution in [0.15, 0.2) is 47.1 Å². The van der Waals surface area contributed by atoms with Gasteiger partial charge >= 0.3 is 0 Å². The zero-order valence-corrected chi connectivity index (χ0v) is 16.6. The number of rotatable bonds is 0. The van der Waals surface area contributed by atoms with Crippen molar-refractivity contribution in [2.45, 2.75) is 51.0 Å². The molecule has 0 bridgehead atoms. The SMILES string of the molecule is CC1=CC(C)(C)N2C(=O)C3(C(C#N)=C(N)OC4=C3C(=O)CCC4)c3cccc1c32. The van der Waals surface area contributed by atoms with Gasteiger partial charge in [-0.25, -0.2) is 0 Å². The van der Waals surface area contributed by atoms with Crippen LogP contribution in [0.3, 0.4) is 0 Å². The quantitative estimate of drug-likeness (QED) is 0.737. The molecular formula is C23H21N3O3. The Morgan fingerprint density at radius 3 is 2.72 bits per heavy atom. The fourth-order valence-electron chi connectivity index (χ4n) is 5.46. The number of benzene rings is 1. The van der Waals surface area contributed by atoms with Crippen molar-refractivity contribution >= 4 is 23.0 Å². The van der Waals surface area contributed by atoms with Gasteiger partial charge in [0, 0.05) is 24.0 Å². The second kappa shape index (κ2) is 5.38. The van der Waals surface area contributed by atoms with Crippen molar-refractivity contribution in [3.8, 4) is 6.07 Å². The minimum absolute atomic E-state index is 0.00718. The predicted molar refractivity (Wildman–Crippen MR) is 107 cm³/mol. The fraction of sp³-hybridized carbons (Fsp3) is 0.348. The number of nitriles is 1. The molecule has 0 saturated heterocycles. The number of hydrogen-bond acceptors (Lipinski definition) is 5. The van der Waals surface area contributed by atoms with Gasteiger partial charge in [0.15, 0.2) is 5.78 Å². The van der Waals surface area contributed by atoms with Crippen LogP contribution in [0.2, 0.25) is 0 Å². The minimum Gasteiger partial charge on any atom is -0.444 e. The van der Waals surface area contributed by atoms with Gasteiger partial charge in [-0.1, -0.05) is 24.3 Å². The highest BCUT2D eigenvalue weighted by atomic mass is 16.5. The molecule has 0 radical (unpaired) electrons. The van der Waals surface area contributed by atoms with Gasteiger partial charge in [-0.2, -0.15) is 5.26 Å². The Labute approximate surface area is 168 Å². The summed E-state index contributed by atoms with van der Waals surface area (Å²) in [6.07, 6.45) is 3.53. The van der Waals surface area contributed by atoms with Crippen LogP contribution in [0.4, 0.5) is 5.69 Å². The van der Waals surface area contributed by atoms with E-state index in [1.807, 2.05) is 45.0 Å². The van der Waals surface area contributed by atoms with E-state index in [1.165, 1.54) is 0 Å². The summed E-state index contributed by atoms with van der Waals surface area (Å²) in [7, 11) is 0. The van der Waals surface area contributed by atoms with Gasteiger partial charge in [0.25, 0.3) is 0 Å². The van der Waals surface area contributed by atoms with Gasteiger partial charge in [0.05, 0.1) is 16.8 Å². The number of ketones is 1. The fourth-order valence-corrected chi connectivity index (χ4v) is 5.46. The van der Waals surface area contributed by atoms with E-state index in [9.17, 15) is 14.9 Å². The Bertz CT molecular complexity index is 1160. The zero-order valence-electron chi connectivity index (χ0n) is 16.6. The van der Waals surface area contributed by atoms with Crippen LogP contribution in [0, 0.1) is 11.3 Å². The number of allylic oxidation sites excluding steroid dienone is 2. The summed E-state index contributed by atoms with van der Waals surface area (Å²) in [6.45, 7) is 5.94. The molecule has 146 valence electrons. The second-order valence-electron chi connectivity index (χ2n) is 8.60. The number of hydrogen-bond donors (Lipinski definition) is 1. The Morgan fingerprint density at radius 1 is 1.24 bits per heavy atom. The van der Waals surface area contributed by atoms with Gasteiger partial charge in [-0.15, -0.1) is 0 Å². The maximum atomic E-state index is 14.2. The summed E-state index contributed by atoms with van der Waals surface area (Å²) < 4.78 is 5.71. The average Bonchev–Trinajstić information content (AvgIpc) is 2.91. The number of Topliss-reactive ketones (excluding diaryl/α,β-unsaturated/α-hetero) is 1. The monoisotopic (exact) mass is 387 g/mol. The molecule has 6 nitrogen and oxygen atoms in total. The van der Waals surface area contributed by atoms with E-state index in [-0.39, 0.29) is 28.7 Å². The maximum Gasteiger partial charge on any atom is 0.248 e. The number of nitrogens with two attached hydrogens (primary N) is 1. The van der Waals surface area contributed by atoms with Crippen molar-refractivity contribution in [3.63, 3.8) is 0 Å². The topological polar surface area (TPSA) is 96.4 Å². The van der Waals surface area contributed by atoms with Gasteiger partial charge in [-0.3, -0.25) is 9.59 Å². The molecule has 4 aliphatic rings. The molecule has 0 saturated carbocycles. The summed E-state index contributed by atoms with van der Waals surface area (Å²) in [4.78, 5) is 29.1. The van der Waals surface area contributed by atoms with Crippen LogP contribution in [0.5, 0.6) is 0 Å². The third-order valence-electron chi connectivity index (χ3n) is 6.47. The van der Waals surface area contributed by atoms with Crippen molar-refractivity contribution in [3.05, 3.63) is 58.2 Å². The first-order valence-electron chi connectivity index (χ1n) is 9.78. The molecule has 0 aromatic heterocycles. The number of nitrogens with zero attached hydrogens (tertiary/aromatic N) is 2. The highest BCUT2D eigenvalue weighted by molar-refractivity contribution is 6.22. The van der Waals surface area contributed by atoms with E-state index in [0.29, 0.717) is 30.6 Å². The molecule has 1 spiro atoms. The molecule has 1 aromatic carbocycles. The summed E-state index contributed by atoms with van der Waals surface area (Å²) in [5.74, 6) is -0.126. The van der Waals surface area contributed by atoms with E-state index in [0.717, 1.165) is 16.8 Å². The molecule has 1 aliphatic carbocycles. The second-order valence-corrected chi connectivity index (χ2v) is 8.60. The molecule has 1 unspecified atom stereocenters. The molecule has 29 heavy (non-hydrogen) atoms. The standard InChI is InChI=1S/C23H21N3O3/c1-12-10-22(2,3)26-19-13(12)6-4-7-14(19)23(21(26)28)15(11-24)20(25)29-17-9-5-8-16(27)18(17)23/h4,6-7,10H,5,8-9,25H2,1-3H3. The van der Waals surface area contributed by atoms with Crippen molar-refractivity contribution in [2.75, 3.05) is 4.90 Å². The molecule has 3 aliphatic heterocycles. The molecule has 1 amide bonds. The summed E-state index contributed by atoms with van der Waals surface area (Å²) >= 11 is 0. The first kappa shape index (κ1) is 17.7. The van der Waals surface area contributed by atoms with Crippen molar-refractivity contribution in [1.82, 2.24) is 0 Å². The smallest absolute Gasteiger partial charge is 0.248 e. The van der Waals surface area contributed by atoms with Gasteiger partial charge < -0.3 is 15.4 Å². The molecule has 1 aromatic rings. The molecule has 0 fully saturated rings.